The van der Waals surface area contributed by atoms with Gasteiger partial charge in [0.1, 0.15) is 5.82 Å². The van der Waals surface area contributed by atoms with Gasteiger partial charge < -0.3 is 10.0 Å². The summed E-state index contributed by atoms with van der Waals surface area (Å²) in [7, 11) is 0. The number of likely N-dealkylation sites (tertiary alicyclic amines) is 1. The number of carbonyl (C=O) groups is 2. The Morgan fingerprint density at radius 1 is 1.32 bits per heavy atom. The standard InChI is InChI=1S/C13H13ClFNO3/c14-11-7-9(15)1-2-10(11)12(17)16-5-3-8(4-6-16)13(18)19/h1-2,7-8H,3-6H2,(H,18,19). The first-order chi connectivity index (χ1) is 8.99. The Morgan fingerprint density at radius 3 is 2.47 bits per heavy atom. The summed E-state index contributed by atoms with van der Waals surface area (Å²) >= 11 is 5.84. The predicted molar refractivity (Wildman–Crippen MR) is 67.7 cm³/mol. The first-order valence-corrected chi connectivity index (χ1v) is 6.34. The molecule has 2 rings (SSSR count). The van der Waals surface area contributed by atoms with Crippen LogP contribution in [0.3, 0.4) is 0 Å². The minimum Gasteiger partial charge on any atom is -0.481 e. The van der Waals surface area contributed by atoms with Crippen molar-refractivity contribution in [3.05, 3.63) is 34.6 Å². The quantitative estimate of drug-likeness (QED) is 0.908. The third kappa shape index (κ3) is 3.04. The molecule has 1 aromatic carbocycles. The number of halogens is 2. The largest absolute Gasteiger partial charge is 0.481 e. The minimum atomic E-state index is -0.827. The number of benzene rings is 1. The van der Waals surface area contributed by atoms with Crippen molar-refractivity contribution in [2.75, 3.05) is 13.1 Å². The van der Waals surface area contributed by atoms with E-state index in [-0.39, 0.29) is 16.5 Å². The Labute approximate surface area is 114 Å². The summed E-state index contributed by atoms with van der Waals surface area (Å²) in [4.78, 5) is 24.6. The Hall–Kier alpha value is -1.62. The van der Waals surface area contributed by atoms with Crippen molar-refractivity contribution < 1.29 is 19.1 Å². The zero-order valence-corrected chi connectivity index (χ0v) is 10.9. The van der Waals surface area contributed by atoms with Crippen molar-refractivity contribution in [2.45, 2.75) is 12.8 Å². The van der Waals surface area contributed by atoms with Crippen molar-refractivity contribution in [1.82, 2.24) is 4.90 Å². The van der Waals surface area contributed by atoms with Gasteiger partial charge in [-0.25, -0.2) is 4.39 Å². The molecule has 1 N–H and O–H groups in total. The van der Waals surface area contributed by atoms with Crippen LogP contribution in [0.1, 0.15) is 23.2 Å². The number of nitrogens with zero attached hydrogens (tertiary/aromatic N) is 1. The number of carboxylic acids is 1. The molecule has 0 aliphatic carbocycles. The maximum absolute atomic E-state index is 12.9. The van der Waals surface area contributed by atoms with E-state index in [4.69, 9.17) is 16.7 Å². The molecule has 1 fully saturated rings. The number of hydrogen-bond acceptors (Lipinski definition) is 2. The fourth-order valence-corrected chi connectivity index (χ4v) is 2.41. The molecule has 102 valence electrons. The van der Waals surface area contributed by atoms with Gasteiger partial charge in [-0.15, -0.1) is 0 Å². The average Bonchev–Trinajstić information content (AvgIpc) is 2.38. The Morgan fingerprint density at radius 2 is 1.95 bits per heavy atom. The van der Waals surface area contributed by atoms with Gasteiger partial charge in [-0.3, -0.25) is 9.59 Å². The zero-order chi connectivity index (χ0) is 14.0. The molecule has 0 spiro atoms. The molecule has 0 saturated carbocycles. The number of rotatable bonds is 2. The minimum absolute atomic E-state index is 0.0744. The Balaban J connectivity index is 2.07. The highest BCUT2D eigenvalue weighted by molar-refractivity contribution is 6.33. The Kier molecular flexibility index (Phi) is 4.04. The third-order valence-electron chi connectivity index (χ3n) is 3.29. The summed E-state index contributed by atoms with van der Waals surface area (Å²) in [6.07, 6.45) is 0.861. The molecule has 0 radical (unpaired) electrons. The number of piperidine rings is 1. The summed E-state index contributed by atoms with van der Waals surface area (Å²) in [5, 5.41) is 8.96. The highest BCUT2D eigenvalue weighted by Gasteiger charge is 2.28. The van der Waals surface area contributed by atoms with E-state index in [1.165, 1.54) is 12.1 Å². The number of carbonyl (C=O) groups excluding carboxylic acids is 1. The lowest BCUT2D eigenvalue weighted by Gasteiger charge is -2.30. The molecule has 1 aliphatic heterocycles. The first kappa shape index (κ1) is 13.8. The topological polar surface area (TPSA) is 57.6 Å². The second-order valence-corrected chi connectivity index (χ2v) is 4.94. The van der Waals surface area contributed by atoms with E-state index in [1.54, 1.807) is 4.90 Å². The van der Waals surface area contributed by atoms with Gasteiger partial charge >= 0.3 is 5.97 Å². The molecule has 0 bridgehead atoms. The van der Waals surface area contributed by atoms with E-state index in [0.717, 1.165) is 6.07 Å². The van der Waals surface area contributed by atoms with Crippen molar-refractivity contribution in [2.24, 2.45) is 5.92 Å². The predicted octanol–water partition coefficient (Wildman–Crippen LogP) is 2.42. The third-order valence-corrected chi connectivity index (χ3v) is 3.61. The molecule has 1 amide bonds. The van der Waals surface area contributed by atoms with Crippen LogP contribution in [0.2, 0.25) is 5.02 Å². The molecule has 1 aliphatic rings. The zero-order valence-electron chi connectivity index (χ0n) is 10.1. The molecule has 1 heterocycles. The van der Waals surface area contributed by atoms with Gasteiger partial charge in [-0.05, 0) is 31.0 Å². The van der Waals surface area contributed by atoms with Crippen molar-refractivity contribution in [1.29, 1.82) is 0 Å². The van der Waals surface area contributed by atoms with Crippen LogP contribution in [-0.2, 0) is 4.79 Å². The molecule has 0 aromatic heterocycles. The molecule has 4 nitrogen and oxygen atoms in total. The summed E-state index contributed by atoms with van der Waals surface area (Å²) in [6.45, 7) is 0.757. The van der Waals surface area contributed by atoms with Gasteiger partial charge in [0.2, 0.25) is 0 Å². The summed E-state index contributed by atoms with van der Waals surface area (Å²) in [6, 6.07) is 3.63. The Bertz CT molecular complexity index is 513. The molecule has 1 saturated heterocycles. The molecule has 0 unspecified atom stereocenters. The second kappa shape index (κ2) is 5.57. The van der Waals surface area contributed by atoms with Crippen molar-refractivity contribution in [3.8, 4) is 0 Å². The van der Waals surface area contributed by atoms with Crippen LogP contribution in [0.15, 0.2) is 18.2 Å². The van der Waals surface area contributed by atoms with Crippen LogP contribution in [0, 0.1) is 11.7 Å². The molecule has 19 heavy (non-hydrogen) atoms. The fraction of sp³-hybridized carbons (Fsp3) is 0.385. The van der Waals surface area contributed by atoms with Gasteiger partial charge in [0.05, 0.1) is 16.5 Å². The van der Waals surface area contributed by atoms with Crippen molar-refractivity contribution in [3.63, 3.8) is 0 Å². The van der Waals surface area contributed by atoms with Gasteiger partial charge in [0, 0.05) is 13.1 Å². The summed E-state index contributed by atoms with van der Waals surface area (Å²) in [5.41, 5.74) is 0.247. The lowest BCUT2D eigenvalue weighted by molar-refractivity contribution is -0.143. The van der Waals surface area contributed by atoms with E-state index in [2.05, 4.69) is 0 Å². The first-order valence-electron chi connectivity index (χ1n) is 5.96. The van der Waals surface area contributed by atoms with Crippen LogP contribution in [-0.4, -0.2) is 35.0 Å². The lowest BCUT2D eigenvalue weighted by Crippen LogP contribution is -2.40. The average molecular weight is 286 g/mol. The number of amides is 1. The molecule has 0 atom stereocenters. The van der Waals surface area contributed by atoms with Crippen molar-refractivity contribution >= 4 is 23.5 Å². The van der Waals surface area contributed by atoms with E-state index < -0.39 is 17.7 Å². The molecular formula is C13H13ClFNO3. The molecule has 1 aromatic rings. The smallest absolute Gasteiger partial charge is 0.306 e. The van der Waals surface area contributed by atoms with Crippen LogP contribution in [0.25, 0.3) is 0 Å². The maximum atomic E-state index is 12.9. The maximum Gasteiger partial charge on any atom is 0.306 e. The normalized spacial score (nSPS) is 16.4. The number of carboxylic acid groups (broad SMARTS) is 1. The van der Waals surface area contributed by atoms with Gasteiger partial charge in [0.15, 0.2) is 0 Å². The molecule has 6 heteroatoms. The lowest BCUT2D eigenvalue weighted by atomic mass is 9.96. The monoisotopic (exact) mass is 285 g/mol. The van der Waals surface area contributed by atoms with Crippen LogP contribution in [0.5, 0.6) is 0 Å². The molecular weight excluding hydrogens is 273 g/mol. The number of hydrogen-bond donors (Lipinski definition) is 1. The van der Waals surface area contributed by atoms with Crippen LogP contribution < -0.4 is 0 Å². The number of aliphatic carboxylic acids is 1. The highest BCUT2D eigenvalue weighted by Crippen LogP contribution is 2.23. The summed E-state index contributed by atoms with van der Waals surface area (Å²) < 4.78 is 12.9. The van der Waals surface area contributed by atoms with Gasteiger partial charge in [-0.1, -0.05) is 11.6 Å². The van der Waals surface area contributed by atoms with E-state index in [9.17, 15) is 14.0 Å². The van der Waals surface area contributed by atoms with Crippen LogP contribution in [0.4, 0.5) is 4.39 Å². The van der Waals surface area contributed by atoms with E-state index in [0.29, 0.717) is 25.9 Å². The van der Waals surface area contributed by atoms with Gasteiger partial charge in [0.25, 0.3) is 5.91 Å². The van der Waals surface area contributed by atoms with E-state index >= 15 is 0 Å². The van der Waals surface area contributed by atoms with Crippen LogP contribution >= 0.6 is 11.6 Å². The fourth-order valence-electron chi connectivity index (χ4n) is 2.16. The summed E-state index contributed by atoms with van der Waals surface area (Å²) in [5.74, 6) is -2.00. The highest BCUT2D eigenvalue weighted by atomic mass is 35.5. The van der Waals surface area contributed by atoms with Gasteiger partial charge in [-0.2, -0.15) is 0 Å². The van der Waals surface area contributed by atoms with E-state index in [1.807, 2.05) is 0 Å². The second-order valence-electron chi connectivity index (χ2n) is 4.53. The SMILES string of the molecule is O=C(O)C1CCN(C(=O)c2ccc(F)cc2Cl)CC1.